The van der Waals surface area contributed by atoms with Gasteiger partial charge in [0.2, 0.25) is 0 Å². The van der Waals surface area contributed by atoms with E-state index in [4.69, 9.17) is 0 Å². The lowest BCUT2D eigenvalue weighted by Gasteiger charge is -2.28. The maximum absolute atomic E-state index is 10.1. The van der Waals surface area contributed by atoms with Crippen LogP contribution in [0, 0.1) is 0 Å². The Bertz CT molecular complexity index is 181. The van der Waals surface area contributed by atoms with E-state index in [1.54, 1.807) is 0 Å². The summed E-state index contributed by atoms with van der Waals surface area (Å²) in [6, 6.07) is 0.500. The van der Waals surface area contributed by atoms with Gasteiger partial charge >= 0.3 is 0 Å². The Kier molecular flexibility index (Phi) is 8.83. The van der Waals surface area contributed by atoms with Gasteiger partial charge in [0.1, 0.15) is 0 Å². The minimum absolute atomic E-state index is 0.500. The zero-order chi connectivity index (χ0) is 13.3. The third kappa shape index (κ3) is 10.7. The molecule has 104 valence electrons. The maximum Gasteiger partial charge on any atom is 0.0869 e. The summed E-state index contributed by atoms with van der Waals surface area (Å²) in [4.78, 5) is 2.02. The predicted molar refractivity (Wildman–Crippen MR) is 75.4 cm³/mol. The molecule has 0 amide bonds. The molecule has 0 bridgehead atoms. The summed E-state index contributed by atoms with van der Waals surface area (Å²) in [5.74, 6) is 0. The second kappa shape index (κ2) is 8.90. The van der Waals surface area contributed by atoms with Crippen LogP contribution in [0.5, 0.6) is 0 Å². The highest BCUT2D eigenvalue weighted by molar-refractivity contribution is 4.79. The van der Waals surface area contributed by atoms with Gasteiger partial charge in [-0.15, -0.1) is 0 Å². The van der Waals surface area contributed by atoms with Gasteiger partial charge < -0.3 is 15.3 Å². The Morgan fingerprint density at radius 3 is 2.41 bits per heavy atom. The number of aliphatic hydroxyl groups is 1. The average molecular weight is 244 g/mol. The molecule has 0 aliphatic rings. The highest BCUT2D eigenvalue weighted by Gasteiger charge is 2.21. The molecule has 0 fully saturated rings. The first-order valence-corrected chi connectivity index (χ1v) is 6.98. The van der Waals surface area contributed by atoms with Gasteiger partial charge in [0.05, 0.1) is 5.60 Å². The molecule has 2 unspecified atom stereocenters. The molecular weight excluding hydrogens is 212 g/mol. The van der Waals surface area contributed by atoms with Crippen molar-refractivity contribution in [2.45, 2.75) is 64.5 Å². The van der Waals surface area contributed by atoms with Crippen molar-refractivity contribution in [2.24, 2.45) is 0 Å². The minimum atomic E-state index is -0.638. The standard InChI is InChI=1S/C14H32N2O/c1-6-7-8-9-10-13(2)15-11-14(3,17)12-16(4)5/h13,15,17H,6-12H2,1-5H3. The first kappa shape index (κ1) is 16.9. The molecule has 0 saturated carbocycles. The largest absolute Gasteiger partial charge is 0.388 e. The van der Waals surface area contributed by atoms with Crippen LogP contribution in [0.3, 0.4) is 0 Å². The molecule has 0 aliphatic carbocycles. The van der Waals surface area contributed by atoms with Gasteiger partial charge in [-0.2, -0.15) is 0 Å². The van der Waals surface area contributed by atoms with Crippen LogP contribution >= 0.6 is 0 Å². The van der Waals surface area contributed by atoms with Crippen LogP contribution < -0.4 is 5.32 Å². The Labute approximate surface area is 108 Å². The summed E-state index contributed by atoms with van der Waals surface area (Å²) in [6.07, 6.45) is 6.46. The van der Waals surface area contributed by atoms with Gasteiger partial charge in [-0.1, -0.05) is 32.6 Å². The van der Waals surface area contributed by atoms with E-state index < -0.39 is 5.60 Å². The first-order valence-electron chi connectivity index (χ1n) is 6.98. The quantitative estimate of drug-likeness (QED) is 0.579. The molecule has 3 nitrogen and oxygen atoms in total. The molecule has 0 aromatic rings. The Morgan fingerprint density at radius 1 is 1.24 bits per heavy atom. The van der Waals surface area contributed by atoms with E-state index in [0.717, 1.165) is 0 Å². The van der Waals surface area contributed by atoms with E-state index in [0.29, 0.717) is 19.1 Å². The number of nitrogens with zero attached hydrogens (tertiary/aromatic N) is 1. The fourth-order valence-electron chi connectivity index (χ4n) is 2.11. The second-order valence-electron chi connectivity index (χ2n) is 5.87. The maximum atomic E-state index is 10.1. The van der Waals surface area contributed by atoms with Crippen LogP contribution in [0.25, 0.3) is 0 Å². The molecule has 0 aromatic heterocycles. The van der Waals surface area contributed by atoms with Crippen molar-refractivity contribution in [3.63, 3.8) is 0 Å². The van der Waals surface area contributed by atoms with E-state index in [2.05, 4.69) is 19.2 Å². The number of likely N-dealkylation sites (N-methyl/N-ethyl adjacent to an activating group) is 1. The molecule has 0 aromatic carbocycles. The molecule has 0 radical (unpaired) electrons. The molecule has 3 heteroatoms. The number of hydrogen-bond acceptors (Lipinski definition) is 3. The number of unbranched alkanes of at least 4 members (excludes halogenated alkanes) is 3. The first-order chi connectivity index (χ1) is 7.87. The van der Waals surface area contributed by atoms with Gasteiger partial charge in [0.15, 0.2) is 0 Å². The van der Waals surface area contributed by atoms with Crippen molar-refractivity contribution in [1.29, 1.82) is 0 Å². The van der Waals surface area contributed by atoms with Gasteiger partial charge in [-0.05, 0) is 34.4 Å². The summed E-state index contributed by atoms with van der Waals surface area (Å²) in [5, 5.41) is 13.6. The summed E-state index contributed by atoms with van der Waals surface area (Å²) in [7, 11) is 3.98. The summed E-state index contributed by atoms with van der Waals surface area (Å²) >= 11 is 0. The zero-order valence-corrected chi connectivity index (χ0v) is 12.4. The fourth-order valence-corrected chi connectivity index (χ4v) is 2.11. The molecule has 2 atom stereocenters. The molecule has 2 N–H and O–H groups in total. The summed E-state index contributed by atoms with van der Waals surface area (Å²) in [6.45, 7) is 7.70. The fraction of sp³-hybridized carbons (Fsp3) is 1.00. The van der Waals surface area contributed by atoms with Gasteiger partial charge in [0.25, 0.3) is 0 Å². The molecule has 0 aliphatic heterocycles. The van der Waals surface area contributed by atoms with E-state index in [1.165, 1.54) is 32.1 Å². The number of hydrogen-bond donors (Lipinski definition) is 2. The van der Waals surface area contributed by atoms with Crippen molar-refractivity contribution < 1.29 is 5.11 Å². The summed E-state index contributed by atoms with van der Waals surface area (Å²) < 4.78 is 0. The monoisotopic (exact) mass is 244 g/mol. The normalized spacial score (nSPS) is 17.1. The Hall–Kier alpha value is -0.120. The Balaban J connectivity index is 3.64. The molecule has 0 saturated heterocycles. The van der Waals surface area contributed by atoms with Crippen LogP contribution in [-0.4, -0.2) is 48.8 Å². The third-order valence-electron chi connectivity index (χ3n) is 2.98. The highest BCUT2D eigenvalue weighted by Crippen LogP contribution is 2.07. The van der Waals surface area contributed by atoms with Crippen LogP contribution in [0.15, 0.2) is 0 Å². The smallest absolute Gasteiger partial charge is 0.0869 e. The number of nitrogens with one attached hydrogen (secondary N) is 1. The minimum Gasteiger partial charge on any atom is -0.388 e. The molecule has 0 heterocycles. The van der Waals surface area contributed by atoms with Crippen LogP contribution in [0.1, 0.15) is 52.9 Å². The number of rotatable bonds is 10. The van der Waals surface area contributed by atoms with E-state index >= 15 is 0 Å². The molecule has 0 spiro atoms. The van der Waals surface area contributed by atoms with E-state index in [-0.39, 0.29) is 0 Å². The van der Waals surface area contributed by atoms with Crippen molar-refractivity contribution in [3.8, 4) is 0 Å². The molecule has 17 heavy (non-hydrogen) atoms. The van der Waals surface area contributed by atoms with Crippen molar-refractivity contribution >= 4 is 0 Å². The van der Waals surface area contributed by atoms with E-state index in [1.807, 2.05) is 25.9 Å². The van der Waals surface area contributed by atoms with Crippen molar-refractivity contribution in [3.05, 3.63) is 0 Å². The topological polar surface area (TPSA) is 35.5 Å². The lowest BCUT2D eigenvalue weighted by atomic mass is 10.0. The lowest BCUT2D eigenvalue weighted by Crippen LogP contribution is -2.47. The van der Waals surface area contributed by atoms with Crippen LogP contribution in [0.2, 0.25) is 0 Å². The third-order valence-corrected chi connectivity index (χ3v) is 2.98. The highest BCUT2D eigenvalue weighted by atomic mass is 16.3. The Morgan fingerprint density at radius 2 is 1.88 bits per heavy atom. The van der Waals surface area contributed by atoms with Gasteiger partial charge in [-0.3, -0.25) is 0 Å². The SMILES string of the molecule is CCCCCCC(C)NCC(C)(O)CN(C)C. The zero-order valence-electron chi connectivity index (χ0n) is 12.4. The average Bonchev–Trinajstić information content (AvgIpc) is 2.20. The summed E-state index contributed by atoms with van der Waals surface area (Å²) in [5.41, 5.74) is -0.638. The van der Waals surface area contributed by atoms with E-state index in [9.17, 15) is 5.11 Å². The van der Waals surface area contributed by atoms with Gasteiger partial charge in [-0.25, -0.2) is 0 Å². The van der Waals surface area contributed by atoms with Crippen molar-refractivity contribution in [2.75, 3.05) is 27.2 Å². The van der Waals surface area contributed by atoms with Crippen LogP contribution in [0.4, 0.5) is 0 Å². The van der Waals surface area contributed by atoms with Crippen molar-refractivity contribution in [1.82, 2.24) is 10.2 Å². The molecule has 0 rings (SSSR count). The van der Waals surface area contributed by atoms with Gasteiger partial charge in [0, 0.05) is 19.1 Å². The lowest BCUT2D eigenvalue weighted by molar-refractivity contribution is 0.0315. The molecular formula is C14H32N2O. The van der Waals surface area contributed by atoms with Crippen LogP contribution in [-0.2, 0) is 0 Å². The predicted octanol–water partition coefficient (Wildman–Crippen LogP) is 2.25. The second-order valence-corrected chi connectivity index (χ2v) is 5.87.